The van der Waals surface area contributed by atoms with E-state index in [-0.39, 0.29) is 5.56 Å². The zero-order valence-electron chi connectivity index (χ0n) is 15.3. The molecule has 0 aliphatic carbocycles. The first-order chi connectivity index (χ1) is 13.6. The summed E-state index contributed by atoms with van der Waals surface area (Å²) in [5.41, 5.74) is 6.33. The molecule has 10 heteroatoms. The lowest BCUT2D eigenvalue weighted by atomic mass is 10.1. The van der Waals surface area contributed by atoms with Crippen LogP contribution in [0, 0.1) is 0 Å². The molecule has 0 saturated carbocycles. The minimum Gasteiger partial charge on any atom is -0.378 e. The second kappa shape index (κ2) is 8.26. The lowest BCUT2D eigenvalue weighted by Crippen LogP contribution is -2.40. The number of hydrogen-bond donors (Lipinski definition) is 1. The van der Waals surface area contributed by atoms with E-state index >= 15 is 0 Å². The maximum absolute atomic E-state index is 11.7. The SMILES string of the molecule is NC(=O)c1cc(-c2nc(N3CCOCC3)nc(N3CCOCC3)n2)ccc1Cl. The number of hydrogen-bond acceptors (Lipinski definition) is 8. The van der Waals surface area contributed by atoms with Gasteiger partial charge in [-0.05, 0) is 18.2 Å². The highest BCUT2D eigenvalue weighted by molar-refractivity contribution is 6.33. The summed E-state index contributed by atoms with van der Waals surface area (Å²) in [6.45, 7) is 5.33. The number of ether oxygens (including phenoxy) is 2. The van der Waals surface area contributed by atoms with Crippen LogP contribution in [0.25, 0.3) is 11.4 Å². The summed E-state index contributed by atoms with van der Waals surface area (Å²) in [7, 11) is 0. The van der Waals surface area contributed by atoms with Gasteiger partial charge in [-0.2, -0.15) is 15.0 Å². The molecule has 1 aromatic carbocycles. The molecule has 2 aliphatic heterocycles. The van der Waals surface area contributed by atoms with Crippen molar-refractivity contribution >= 4 is 29.4 Å². The standard InChI is InChI=1S/C18H21ClN6O3/c19-14-2-1-12(11-13(14)15(20)26)16-21-17(24-3-7-27-8-4-24)23-18(22-16)25-5-9-28-10-6-25/h1-2,11H,3-10H2,(H2,20,26). The van der Waals surface area contributed by atoms with Gasteiger partial charge < -0.3 is 25.0 Å². The van der Waals surface area contributed by atoms with Crippen LogP contribution in [0.4, 0.5) is 11.9 Å². The summed E-state index contributed by atoms with van der Waals surface area (Å²) < 4.78 is 10.9. The lowest BCUT2D eigenvalue weighted by molar-refractivity contribution is 0.100. The van der Waals surface area contributed by atoms with Crippen LogP contribution in [-0.2, 0) is 9.47 Å². The van der Waals surface area contributed by atoms with Crippen molar-refractivity contribution in [1.29, 1.82) is 0 Å². The molecule has 0 spiro atoms. The third kappa shape index (κ3) is 4.01. The van der Waals surface area contributed by atoms with E-state index in [0.717, 1.165) is 0 Å². The number of nitrogens with two attached hydrogens (primary N) is 1. The van der Waals surface area contributed by atoms with Gasteiger partial charge in [-0.15, -0.1) is 0 Å². The number of anilines is 2. The number of halogens is 1. The van der Waals surface area contributed by atoms with E-state index in [0.29, 0.717) is 80.9 Å². The van der Waals surface area contributed by atoms with Crippen molar-refractivity contribution in [2.75, 3.05) is 62.4 Å². The first kappa shape index (κ1) is 18.9. The topological polar surface area (TPSA) is 107 Å². The average molecular weight is 405 g/mol. The van der Waals surface area contributed by atoms with Gasteiger partial charge in [0.25, 0.3) is 0 Å². The third-order valence-electron chi connectivity index (χ3n) is 4.69. The molecule has 0 unspecified atom stereocenters. The Balaban J connectivity index is 1.77. The van der Waals surface area contributed by atoms with Crippen molar-refractivity contribution in [3.8, 4) is 11.4 Å². The Morgan fingerprint density at radius 1 is 0.929 bits per heavy atom. The molecule has 4 rings (SSSR count). The number of benzene rings is 1. The third-order valence-corrected chi connectivity index (χ3v) is 5.02. The predicted octanol–water partition coefficient (Wildman–Crippen LogP) is 0.964. The van der Waals surface area contributed by atoms with Gasteiger partial charge in [0.05, 0.1) is 37.0 Å². The smallest absolute Gasteiger partial charge is 0.250 e. The molecule has 2 N–H and O–H groups in total. The van der Waals surface area contributed by atoms with Gasteiger partial charge in [-0.1, -0.05) is 11.6 Å². The van der Waals surface area contributed by atoms with Gasteiger partial charge in [0.1, 0.15) is 0 Å². The molecule has 1 amide bonds. The van der Waals surface area contributed by atoms with E-state index in [4.69, 9.17) is 26.8 Å². The molecule has 2 saturated heterocycles. The predicted molar refractivity (Wildman–Crippen MR) is 105 cm³/mol. The maximum Gasteiger partial charge on any atom is 0.250 e. The summed E-state index contributed by atoms with van der Waals surface area (Å²) in [6.07, 6.45) is 0. The minimum absolute atomic E-state index is 0.237. The molecule has 2 fully saturated rings. The van der Waals surface area contributed by atoms with Crippen molar-refractivity contribution in [3.05, 3.63) is 28.8 Å². The van der Waals surface area contributed by atoms with Gasteiger partial charge >= 0.3 is 0 Å². The summed E-state index contributed by atoms with van der Waals surface area (Å²) in [6, 6.07) is 5.02. The number of primary amides is 1. The number of carbonyl (C=O) groups is 1. The molecule has 0 bridgehead atoms. The lowest BCUT2D eigenvalue weighted by Gasteiger charge is -2.30. The number of nitrogens with zero attached hydrogens (tertiary/aromatic N) is 5. The number of rotatable bonds is 4. The Bertz CT molecular complexity index is 832. The summed E-state index contributed by atoms with van der Waals surface area (Å²) >= 11 is 6.09. The van der Waals surface area contributed by atoms with Crippen molar-refractivity contribution in [2.45, 2.75) is 0 Å². The van der Waals surface area contributed by atoms with Gasteiger partial charge in [0.15, 0.2) is 5.82 Å². The Morgan fingerprint density at radius 3 is 1.96 bits per heavy atom. The fourth-order valence-electron chi connectivity index (χ4n) is 3.15. The van der Waals surface area contributed by atoms with E-state index in [1.54, 1.807) is 18.2 Å². The minimum atomic E-state index is -0.595. The second-order valence-electron chi connectivity index (χ2n) is 6.52. The summed E-state index contributed by atoms with van der Waals surface area (Å²) in [4.78, 5) is 29.8. The molecular weight excluding hydrogens is 384 g/mol. The molecule has 2 aliphatic rings. The number of carbonyl (C=O) groups excluding carboxylic acids is 1. The summed E-state index contributed by atoms with van der Waals surface area (Å²) in [5, 5.41) is 0.298. The molecule has 3 heterocycles. The highest BCUT2D eigenvalue weighted by Gasteiger charge is 2.21. The fourth-order valence-corrected chi connectivity index (χ4v) is 3.36. The van der Waals surface area contributed by atoms with Gasteiger partial charge in [-0.25, -0.2) is 0 Å². The van der Waals surface area contributed by atoms with Crippen LogP contribution in [-0.4, -0.2) is 73.5 Å². The van der Waals surface area contributed by atoms with Crippen LogP contribution in [0.15, 0.2) is 18.2 Å². The van der Waals surface area contributed by atoms with E-state index in [2.05, 4.69) is 24.8 Å². The van der Waals surface area contributed by atoms with Gasteiger partial charge in [0.2, 0.25) is 17.8 Å². The van der Waals surface area contributed by atoms with E-state index in [1.807, 2.05) is 0 Å². The van der Waals surface area contributed by atoms with Crippen molar-refractivity contribution in [3.63, 3.8) is 0 Å². The summed E-state index contributed by atoms with van der Waals surface area (Å²) in [5.74, 6) is 1.05. The zero-order chi connectivity index (χ0) is 19.5. The van der Waals surface area contributed by atoms with Crippen LogP contribution in [0.1, 0.15) is 10.4 Å². The van der Waals surface area contributed by atoms with E-state index in [1.165, 1.54) is 0 Å². The fraction of sp³-hybridized carbons (Fsp3) is 0.444. The Hall–Kier alpha value is -2.49. The number of morpholine rings is 2. The van der Waals surface area contributed by atoms with Crippen LogP contribution < -0.4 is 15.5 Å². The monoisotopic (exact) mass is 404 g/mol. The average Bonchev–Trinajstić information content (AvgIpc) is 2.75. The Morgan fingerprint density at radius 2 is 1.46 bits per heavy atom. The van der Waals surface area contributed by atoms with Crippen LogP contribution in [0.5, 0.6) is 0 Å². The highest BCUT2D eigenvalue weighted by Crippen LogP contribution is 2.26. The Labute approximate surface area is 167 Å². The molecule has 28 heavy (non-hydrogen) atoms. The molecule has 148 valence electrons. The number of aromatic nitrogens is 3. The molecular formula is C18H21ClN6O3. The van der Waals surface area contributed by atoms with Crippen molar-refractivity contribution in [2.24, 2.45) is 5.73 Å². The zero-order valence-corrected chi connectivity index (χ0v) is 16.1. The van der Waals surface area contributed by atoms with E-state index < -0.39 is 5.91 Å². The normalized spacial score (nSPS) is 17.6. The maximum atomic E-state index is 11.7. The molecule has 0 radical (unpaired) electrons. The first-order valence-electron chi connectivity index (χ1n) is 9.13. The first-order valence-corrected chi connectivity index (χ1v) is 9.51. The van der Waals surface area contributed by atoms with E-state index in [9.17, 15) is 4.79 Å². The van der Waals surface area contributed by atoms with Crippen molar-refractivity contribution in [1.82, 2.24) is 15.0 Å². The van der Waals surface area contributed by atoms with Crippen LogP contribution >= 0.6 is 11.6 Å². The van der Waals surface area contributed by atoms with Gasteiger partial charge in [-0.3, -0.25) is 4.79 Å². The second-order valence-corrected chi connectivity index (χ2v) is 6.92. The van der Waals surface area contributed by atoms with Gasteiger partial charge in [0, 0.05) is 31.7 Å². The largest absolute Gasteiger partial charge is 0.378 e. The molecule has 9 nitrogen and oxygen atoms in total. The van der Waals surface area contributed by atoms with Crippen molar-refractivity contribution < 1.29 is 14.3 Å². The Kier molecular flexibility index (Phi) is 5.56. The highest BCUT2D eigenvalue weighted by atomic mass is 35.5. The molecule has 0 atom stereocenters. The van der Waals surface area contributed by atoms with Crippen LogP contribution in [0.2, 0.25) is 5.02 Å². The van der Waals surface area contributed by atoms with Crippen LogP contribution in [0.3, 0.4) is 0 Å². The number of amides is 1. The quantitative estimate of drug-likeness (QED) is 0.803. The molecule has 2 aromatic rings. The molecule has 1 aromatic heterocycles.